The van der Waals surface area contributed by atoms with Gasteiger partial charge in [0.25, 0.3) is 0 Å². The van der Waals surface area contributed by atoms with Gasteiger partial charge in [0.2, 0.25) is 0 Å². The molecule has 0 saturated heterocycles. The second-order valence-electron chi connectivity index (χ2n) is 3.14. The van der Waals surface area contributed by atoms with E-state index in [9.17, 15) is 4.39 Å². The van der Waals surface area contributed by atoms with E-state index in [1.807, 2.05) is 36.4 Å². The van der Waals surface area contributed by atoms with Crippen LogP contribution in [0.1, 0.15) is 5.56 Å². The third-order valence-electron chi connectivity index (χ3n) is 2.06. The van der Waals surface area contributed by atoms with Crippen LogP contribution >= 0.6 is 11.8 Å². The van der Waals surface area contributed by atoms with Crippen LogP contribution in [0, 0.1) is 17.1 Å². The van der Waals surface area contributed by atoms with Gasteiger partial charge in [-0.1, -0.05) is 36.0 Å². The van der Waals surface area contributed by atoms with Crippen LogP contribution in [0.2, 0.25) is 0 Å². The van der Waals surface area contributed by atoms with Gasteiger partial charge in [-0.25, -0.2) is 4.39 Å². The number of rotatable bonds is 2. The highest BCUT2D eigenvalue weighted by Gasteiger charge is 2.08. The van der Waals surface area contributed by atoms with Gasteiger partial charge in [0.05, 0.1) is 0 Å². The van der Waals surface area contributed by atoms with Crippen LogP contribution in [0.5, 0.6) is 0 Å². The minimum absolute atomic E-state index is 0.108. The van der Waals surface area contributed by atoms with E-state index >= 15 is 0 Å². The first-order valence-corrected chi connectivity index (χ1v) is 5.54. The minimum atomic E-state index is -0.469. The average molecular weight is 229 g/mol. The zero-order chi connectivity index (χ0) is 11.4. The monoisotopic (exact) mass is 229 g/mol. The molecule has 0 aromatic heterocycles. The third kappa shape index (κ3) is 2.23. The Morgan fingerprint density at radius 2 is 1.75 bits per heavy atom. The van der Waals surface area contributed by atoms with Gasteiger partial charge >= 0.3 is 0 Å². The van der Waals surface area contributed by atoms with Crippen LogP contribution in [-0.4, -0.2) is 0 Å². The molecule has 0 aliphatic rings. The molecule has 0 heterocycles. The van der Waals surface area contributed by atoms with Crippen LogP contribution in [0.4, 0.5) is 4.39 Å². The number of nitrogens with zero attached hydrogens (tertiary/aromatic N) is 1. The fourth-order valence-corrected chi connectivity index (χ4v) is 2.25. The summed E-state index contributed by atoms with van der Waals surface area (Å²) < 4.78 is 13.3. The van der Waals surface area contributed by atoms with Gasteiger partial charge in [-0.05, 0) is 24.3 Å². The Kier molecular flexibility index (Phi) is 3.23. The molecule has 78 valence electrons. The second kappa shape index (κ2) is 4.82. The lowest BCUT2D eigenvalue weighted by Crippen LogP contribution is -1.86. The summed E-state index contributed by atoms with van der Waals surface area (Å²) in [6, 6.07) is 16.1. The molecule has 2 aromatic rings. The number of hydrogen-bond acceptors (Lipinski definition) is 2. The Morgan fingerprint density at radius 3 is 2.44 bits per heavy atom. The molecule has 3 heteroatoms. The number of hydrogen-bond donors (Lipinski definition) is 0. The van der Waals surface area contributed by atoms with Gasteiger partial charge in [-0.15, -0.1) is 0 Å². The molecule has 0 fully saturated rings. The highest BCUT2D eigenvalue weighted by molar-refractivity contribution is 7.99. The molecular weight excluding hydrogens is 221 g/mol. The lowest BCUT2D eigenvalue weighted by molar-refractivity contribution is 0.620. The Balaban J connectivity index is 2.36. The Bertz CT molecular complexity index is 531. The Hall–Kier alpha value is -1.79. The maximum absolute atomic E-state index is 13.3. The quantitative estimate of drug-likeness (QED) is 0.781. The van der Waals surface area contributed by atoms with Crippen LogP contribution in [-0.2, 0) is 0 Å². The molecule has 0 amide bonds. The van der Waals surface area contributed by atoms with Crippen LogP contribution < -0.4 is 0 Å². The number of benzene rings is 2. The van der Waals surface area contributed by atoms with E-state index in [0.29, 0.717) is 4.90 Å². The molecule has 2 rings (SSSR count). The van der Waals surface area contributed by atoms with Crippen molar-refractivity contribution in [1.29, 1.82) is 5.26 Å². The van der Waals surface area contributed by atoms with E-state index < -0.39 is 5.82 Å². The highest BCUT2D eigenvalue weighted by Crippen LogP contribution is 2.30. The van der Waals surface area contributed by atoms with E-state index in [4.69, 9.17) is 5.26 Å². The fraction of sp³-hybridized carbons (Fsp3) is 0. The van der Waals surface area contributed by atoms with Crippen molar-refractivity contribution in [3.05, 3.63) is 59.9 Å². The van der Waals surface area contributed by atoms with Gasteiger partial charge in [-0.3, -0.25) is 0 Å². The number of halogens is 1. The summed E-state index contributed by atoms with van der Waals surface area (Å²) in [4.78, 5) is 1.64. The normalized spacial score (nSPS) is 9.75. The lowest BCUT2D eigenvalue weighted by atomic mass is 10.2. The molecular formula is C13H8FNS. The fourth-order valence-electron chi connectivity index (χ4n) is 1.31. The Morgan fingerprint density at radius 1 is 1.00 bits per heavy atom. The molecule has 2 aromatic carbocycles. The first kappa shape index (κ1) is 10.7. The molecule has 0 spiro atoms. The van der Waals surface area contributed by atoms with Gasteiger partial charge < -0.3 is 0 Å². The van der Waals surface area contributed by atoms with Crippen LogP contribution in [0.25, 0.3) is 0 Å². The summed E-state index contributed by atoms with van der Waals surface area (Å²) in [5, 5.41) is 8.87. The van der Waals surface area contributed by atoms with Crippen LogP contribution in [0.3, 0.4) is 0 Å². The van der Waals surface area contributed by atoms with Crippen molar-refractivity contribution in [2.24, 2.45) is 0 Å². The van der Waals surface area contributed by atoms with Crippen molar-refractivity contribution in [3.8, 4) is 6.07 Å². The standard InChI is InChI=1S/C13H8FNS/c14-12-7-4-8-13(11(12)9-15)16-10-5-2-1-3-6-10/h1-8H. The molecule has 0 atom stereocenters. The van der Waals surface area contributed by atoms with Crippen molar-refractivity contribution in [2.75, 3.05) is 0 Å². The molecule has 0 unspecified atom stereocenters. The molecule has 0 radical (unpaired) electrons. The third-order valence-corrected chi connectivity index (χ3v) is 3.13. The number of nitriles is 1. The van der Waals surface area contributed by atoms with Crippen LogP contribution in [0.15, 0.2) is 58.3 Å². The molecule has 0 aliphatic heterocycles. The highest BCUT2D eigenvalue weighted by atomic mass is 32.2. The summed E-state index contributed by atoms with van der Waals surface area (Å²) in [5.74, 6) is -0.469. The van der Waals surface area contributed by atoms with Crippen molar-refractivity contribution in [3.63, 3.8) is 0 Å². The first-order chi connectivity index (χ1) is 7.81. The largest absolute Gasteiger partial charge is 0.206 e. The summed E-state index contributed by atoms with van der Waals surface area (Å²) in [6.07, 6.45) is 0. The maximum atomic E-state index is 13.3. The first-order valence-electron chi connectivity index (χ1n) is 4.73. The van der Waals surface area contributed by atoms with Gasteiger partial charge in [0, 0.05) is 9.79 Å². The van der Waals surface area contributed by atoms with E-state index in [1.165, 1.54) is 17.8 Å². The van der Waals surface area contributed by atoms with Crippen molar-refractivity contribution in [1.82, 2.24) is 0 Å². The summed E-state index contributed by atoms with van der Waals surface area (Å²) in [7, 11) is 0. The van der Waals surface area contributed by atoms with E-state index in [-0.39, 0.29) is 5.56 Å². The lowest BCUT2D eigenvalue weighted by Gasteiger charge is -2.03. The van der Waals surface area contributed by atoms with E-state index in [2.05, 4.69) is 0 Å². The van der Waals surface area contributed by atoms with Gasteiger partial charge in [0.1, 0.15) is 17.4 Å². The maximum Gasteiger partial charge on any atom is 0.142 e. The zero-order valence-corrected chi connectivity index (χ0v) is 9.17. The predicted octanol–water partition coefficient (Wildman–Crippen LogP) is 3.85. The Labute approximate surface area is 97.5 Å². The minimum Gasteiger partial charge on any atom is -0.206 e. The molecule has 16 heavy (non-hydrogen) atoms. The topological polar surface area (TPSA) is 23.8 Å². The van der Waals surface area contributed by atoms with Gasteiger partial charge in [0.15, 0.2) is 0 Å². The smallest absolute Gasteiger partial charge is 0.142 e. The average Bonchev–Trinajstić information content (AvgIpc) is 2.31. The zero-order valence-electron chi connectivity index (χ0n) is 8.35. The predicted molar refractivity (Wildman–Crippen MR) is 61.7 cm³/mol. The molecule has 0 bridgehead atoms. The second-order valence-corrected chi connectivity index (χ2v) is 4.26. The molecule has 0 aliphatic carbocycles. The summed E-state index contributed by atoms with van der Waals surface area (Å²) in [5.41, 5.74) is 0.108. The molecule has 0 saturated carbocycles. The molecule has 0 N–H and O–H groups in total. The summed E-state index contributed by atoms with van der Waals surface area (Å²) in [6.45, 7) is 0. The summed E-state index contributed by atoms with van der Waals surface area (Å²) >= 11 is 1.39. The van der Waals surface area contributed by atoms with Crippen molar-refractivity contribution in [2.45, 2.75) is 9.79 Å². The SMILES string of the molecule is N#Cc1c(F)cccc1Sc1ccccc1. The van der Waals surface area contributed by atoms with E-state index in [0.717, 1.165) is 4.90 Å². The molecule has 1 nitrogen and oxygen atoms in total. The van der Waals surface area contributed by atoms with Crippen molar-refractivity contribution >= 4 is 11.8 Å². The van der Waals surface area contributed by atoms with E-state index in [1.54, 1.807) is 12.1 Å². The van der Waals surface area contributed by atoms with Gasteiger partial charge in [-0.2, -0.15) is 5.26 Å². The van der Waals surface area contributed by atoms with Crippen molar-refractivity contribution < 1.29 is 4.39 Å².